The van der Waals surface area contributed by atoms with Crippen molar-refractivity contribution in [1.82, 2.24) is 0 Å². The third-order valence-electron chi connectivity index (χ3n) is 8.35. The fraction of sp³-hybridized carbons (Fsp3) is 0.583. The van der Waals surface area contributed by atoms with Gasteiger partial charge in [-0.3, -0.25) is 14.4 Å². The van der Waals surface area contributed by atoms with Crippen LogP contribution in [-0.2, 0) is 30.5 Å². The normalized spacial score (nSPS) is 14.3. The molecule has 0 fully saturated rings. The van der Waals surface area contributed by atoms with Crippen LogP contribution in [0.5, 0.6) is 0 Å². The van der Waals surface area contributed by atoms with Gasteiger partial charge in [0.1, 0.15) is 18.5 Å². The summed E-state index contributed by atoms with van der Waals surface area (Å²) in [5, 5.41) is 0. The number of ether oxygens (including phenoxy) is 2. The van der Waals surface area contributed by atoms with Crippen LogP contribution in [0.15, 0.2) is 60.7 Å². The van der Waals surface area contributed by atoms with E-state index in [1.165, 1.54) is 0 Å². The van der Waals surface area contributed by atoms with Gasteiger partial charge in [-0.05, 0) is 56.6 Å². The number of rotatable bonds is 14. The summed E-state index contributed by atoms with van der Waals surface area (Å²) in [6.45, 7) is 19.9. The monoisotopic (exact) mass is 564 g/mol. The van der Waals surface area contributed by atoms with E-state index in [4.69, 9.17) is 9.47 Å². The standard InChI is InChI=1S/C36H52O5/c1-33(2,3)29(37)22-21-28(32(39)40-25-26-17-13-11-14-18-26)23-24-35(7,8)36(9,10)31(38)30(41-34(4,5)6)27-19-15-12-16-20-27/h11-20,28,30H,21-25H2,1-10H3. The van der Waals surface area contributed by atoms with Crippen molar-refractivity contribution in [3.05, 3.63) is 71.8 Å². The first-order valence-corrected chi connectivity index (χ1v) is 14.9. The Hall–Kier alpha value is -2.79. The summed E-state index contributed by atoms with van der Waals surface area (Å²) < 4.78 is 12.1. The number of ketones is 2. The number of carbonyl (C=O) groups is 3. The Balaban J connectivity index is 2.24. The fourth-order valence-corrected chi connectivity index (χ4v) is 4.67. The van der Waals surface area contributed by atoms with Gasteiger partial charge in [-0.1, -0.05) is 109 Å². The molecule has 0 aliphatic rings. The van der Waals surface area contributed by atoms with Crippen LogP contribution in [0, 0.1) is 22.2 Å². The summed E-state index contributed by atoms with van der Waals surface area (Å²) in [6, 6.07) is 19.2. The predicted octanol–water partition coefficient (Wildman–Crippen LogP) is 8.70. The number of Topliss-reactive ketones (excluding diaryl/α,β-unsaturated/α-hetero) is 2. The molecular weight excluding hydrogens is 512 g/mol. The minimum absolute atomic E-state index is 0.00902. The van der Waals surface area contributed by atoms with E-state index in [0.717, 1.165) is 11.1 Å². The van der Waals surface area contributed by atoms with Crippen LogP contribution in [0.2, 0.25) is 0 Å². The summed E-state index contributed by atoms with van der Waals surface area (Å²) in [5.41, 5.74) is -0.458. The molecule has 226 valence electrons. The third-order valence-corrected chi connectivity index (χ3v) is 8.35. The Morgan fingerprint density at radius 3 is 1.78 bits per heavy atom. The highest BCUT2D eigenvalue weighted by molar-refractivity contribution is 5.90. The Bertz CT molecular complexity index is 1130. The Labute approximate surface area is 248 Å². The van der Waals surface area contributed by atoms with Gasteiger partial charge in [0.2, 0.25) is 0 Å². The lowest BCUT2D eigenvalue weighted by Gasteiger charge is -2.43. The zero-order valence-electron chi connectivity index (χ0n) is 27.0. The quantitative estimate of drug-likeness (QED) is 0.215. The maximum absolute atomic E-state index is 14.2. The summed E-state index contributed by atoms with van der Waals surface area (Å²) in [6.07, 6.45) is 1.16. The summed E-state index contributed by atoms with van der Waals surface area (Å²) in [4.78, 5) is 40.2. The summed E-state index contributed by atoms with van der Waals surface area (Å²) in [7, 11) is 0. The lowest BCUT2D eigenvalue weighted by Crippen LogP contribution is -2.44. The molecule has 2 rings (SSSR count). The molecule has 0 radical (unpaired) electrons. The first-order chi connectivity index (χ1) is 18.8. The van der Waals surface area contributed by atoms with Crippen LogP contribution in [0.1, 0.15) is 112 Å². The van der Waals surface area contributed by atoms with Gasteiger partial charge in [0.05, 0.1) is 11.5 Å². The van der Waals surface area contributed by atoms with Gasteiger partial charge < -0.3 is 9.47 Å². The zero-order chi connectivity index (χ0) is 31.1. The van der Waals surface area contributed by atoms with E-state index in [1.807, 2.05) is 116 Å². The van der Waals surface area contributed by atoms with Crippen molar-refractivity contribution in [2.75, 3.05) is 0 Å². The molecule has 2 atom stereocenters. The van der Waals surface area contributed by atoms with Crippen LogP contribution in [0.25, 0.3) is 0 Å². The topological polar surface area (TPSA) is 69.7 Å². The second-order valence-electron chi connectivity index (χ2n) is 14.4. The molecule has 5 nitrogen and oxygen atoms in total. The van der Waals surface area contributed by atoms with E-state index < -0.39 is 33.9 Å². The zero-order valence-corrected chi connectivity index (χ0v) is 27.0. The minimum Gasteiger partial charge on any atom is -0.461 e. The Morgan fingerprint density at radius 2 is 1.27 bits per heavy atom. The molecule has 0 heterocycles. The molecule has 0 saturated heterocycles. The molecule has 0 saturated carbocycles. The van der Waals surface area contributed by atoms with Gasteiger partial charge in [-0.25, -0.2) is 0 Å². The van der Waals surface area contributed by atoms with Crippen molar-refractivity contribution in [1.29, 1.82) is 0 Å². The highest BCUT2D eigenvalue weighted by Gasteiger charge is 2.47. The van der Waals surface area contributed by atoms with Crippen LogP contribution in [0.4, 0.5) is 0 Å². The lowest BCUT2D eigenvalue weighted by molar-refractivity contribution is -0.156. The maximum atomic E-state index is 14.2. The van der Waals surface area contributed by atoms with Crippen LogP contribution < -0.4 is 0 Å². The van der Waals surface area contributed by atoms with Crippen molar-refractivity contribution in [3.8, 4) is 0 Å². The smallest absolute Gasteiger partial charge is 0.309 e. The Morgan fingerprint density at radius 1 is 0.732 bits per heavy atom. The van der Waals surface area contributed by atoms with E-state index in [-0.39, 0.29) is 24.1 Å². The van der Waals surface area contributed by atoms with Gasteiger partial charge in [-0.15, -0.1) is 0 Å². The number of esters is 1. The van der Waals surface area contributed by atoms with Crippen LogP contribution in [0.3, 0.4) is 0 Å². The summed E-state index contributed by atoms with van der Waals surface area (Å²) in [5.74, 6) is -0.604. The predicted molar refractivity (Wildman–Crippen MR) is 165 cm³/mol. The van der Waals surface area contributed by atoms with Crippen molar-refractivity contribution >= 4 is 17.5 Å². The molecule has 5 heteroatoms. The van der Waals surface area contributed by atoms with Gasteiger partial charge in [0.25, 0.3) is 0 Å². The molecule has 2 aromatic rings. The van der Waals surface area contributed by atoms with Crippen molar-refractivity contribution in [2.45, 2.75) is 113 Å². The number of hydrogen-bond acceptors (Lipinski definition) is 5. The molecule has 0 amide bonds. The second-order valence-corrected chi connectivity index (χ2v) is 14.4. The van der Waals surface area contributed by atoms with Crippen LogP contribution in [-0.4, -0.2) is 23.1 Å². The average molecular weight is 565 g/mol. The maximum Gasteiger partial charge on any atom is 0.309 e. The van der Waals surface area contributed by atoms with E-state index in [0.29, 0.717) is 25.7 Å². The van der Waals surface area contributed by atoms with Gasteiger partial charge in [-0.2, -0.15) is 0 Å². The minimum atomic E-state index is -0.765. The SMILES string of the molecule is CC(C)(C)OC(C(=O)C(C)(C)C(C)(C)CCC(CCC(=O)C(C)(C)C)C(=O)OCc1ccccc1)c1ccccc1. The first kappa shape index (κ1) is 34.4. The molecule has 0 N–H and O–H groups in total. The molecule has 0 bridgehead atoms. The van der Waals surface area contributed by atoms with Crippen molar-refractivity contribution in [2.24, 2.45) is 22.2 Å². The van der Waals surface area contributed by atoms with E-state index in [1.54, 1.807) is 0 Å². The van der Waals surface area contributed by atoms with Gasteiger partial charge in [0.15, 0.2) is 5.78 Å². The highest BCUT2D eigenvalue weighted by atomic mass is 16.5. The number of carbonyl (C=O) groups excluding carboxylic acids is 3. The molecule has 0 aliphatic heterocycles. The average Bonchev–Trinajstić information content (AvgIpc) is 2.89. The molecule has 0 aliphatic carbocycles. The molecule has 0 spiro atoms. The van der Waals surface area contributed by atoms with E-state index in [2.05, 4.69) is 13.8 Å². The molecular formula is C36H52O5. The van der Waals surface area contributed by atoms with Crippen molar-refractivity contribution in [3.63, 3.8) is 0 Å². The molecule has 2 aromatic carbocycles. The van der Waals surface area contributed by atoms with Crippen molar-refractivity contribution < 1.29 is 23.9 Å². The van der Waals surface area contributed by atoms with E-state index >= 15 is 0 Å². The number of benzene rings is 2. The first-order valence-electron chi connectivity index (χ1n) is 14.9. The van der Waals surface area contributed by atoms with Crippen LogP contribution >= 0.6 is 0 Å². The van der Waals surface area contributed by atoms with Gasteiger partial charge in [0, 0.05) is 17.3 Å². The Kier molecular flexibility index (Phi) is 11.7. The second kappa shape index (κ2) is 13.9. The highest BCUT2D eigenvalue weighted by Crippen LogP contribution is 2.47. The van der Waals surface area contributed by atoms with Gasteiger partial charge >= 0.3 is 5.97 Å². The molecule has 2 unspecified atom stereocenters. The molecule has 0 aromatic heterocycles. The summed E-state index contributed by atoms with van der Waals surface area (Å²) >= 11 is 0. The third kappa shape index (κ3) is 10.2. The van der Waals surface area contributed by atoms with E-state index in [9.17, 15) is 14.4 Å². The largest absolute Gasteiger partial charge is 0.461 e. The lowest BCUT2D eigenvalue weighted by atomic mass is 9.61. The number of hydrogen-bond donors (Lipinski definition) is 0. The molecule has 41 heavy (non-hydrogen) atoms. The fourth-order valence-electron chi connectivity index (χ4n) is 4.67.